The molecule has 2 N–H and O–H groups in total. The number of piperidine rings is 1. The molecule has 2 aromatic rings. The third-order valence-corrected chi connectivity index (χ3v) is 5.51. The first-order valence-electron chi connectivity index (χ1n) is 8.67. The molecule has 5 heteroatoms. The highest BCUT2D eigenvalue weighted by atomic mass is 16.2. The van der Waals surface area contributed by atoms with Crippen LogP contribution in [-0.2, 0) is 11.3 Å². The molecule has 1 amide bonds. The molecule has 1 saturated carbocycles. The van der Waals surface area contributed by atoms with Crippen molar-refractivity contribution in [2.75, 3.05) is 19.6 Å². The number of aromatic nitrogens is 2. The minimum Gasteiger partial charge on any atom is -0.356 e. The molecule has 1 aliphatic heterocycles. The Kier molecular flexibility index (Phi) is 3.81. The standard InChI is InChI=1S/C18H24N4O/c23-17(14-12-18(14)6-9-19-10-7-18)20-8-3-11-22-13-21-15-4-1-2-5-16(15)22/h1-2,4-5,13-14,19H,3,6-12H2,(H,20,23). The van der Waals surface area contributed by atoms with Crippen LogP contribution in [0.1, 0.15) is 25.7 Å². The average molecular weight is 312 g/mol. The number of hydrogen-bond acceptors (Lipinski definition) is 3. The van der Waals surface area contributed by atoms with Crippen LogP contribution in [0.3, 0.4) is 0 Å². The Bertz CT molecular complexity index is 702. The van der Waals surface area contributed by atoms with E-state index >= 15 is 0 Å². The normalized spacial score (nSPS) is 22.3. The molecule has 1 spiro atoms. The van der Waals surface area contributed by atoms with Gasteiger partial charge in [-0.05, 0) is 56.3 Å². The van der Waals surface area contributed by atoms with Crippen molar-refractivity contribution in [3.05, 3.63) is 30.6 Å². The van der Waals surface area contributed by atoms with Crippen LogP contribution >= 0.6 is 0 Å². The Morgan fingerprint density at radius 2 is 2.17 bits per heavy atom. The summed E-state index contributed by atoms with van der Waals surface area (Å²) in [7, 11) is 0. The van der Waals surface area contributed by atoms with E-state index in [0.29, 0.717) is 5.41 Å². The lowest BCUT2D eigenvalue weighted by Gasteiger charge is -2.23. The number of amides is 1. The van der Waals surface area contributed by atoms with Gasteiger partial charge in [-0.25, -0.2) is 4.98 Å². The van der Waals surface area contributed by atoms with Crippen molar-refractivity contribution in [1.29, 1.82) is 0 Å². The summed E-state index contributed by atoms with van der Waals surface area (Å²) in [5.41, 5.74) is 2.52. The molecule has 2 heterocycles. The Balaban J connectivity index is 1.24. The molecule has 0 bridgehead atoms. The number of para-hydroxylation sites is 2. The molecule has 1 saturated heterocycles. The van der Waals surface area contributed by atoms with E-state index in [0.717, 1.165) is 62.9 Å². The number of nitrogens with zero attached hydrogens (tertiary/aromatic N) is 2. The predicted molar refractivity (Wildman–Crippen MR) is 90.0 cm³/mol. The van der Waals surface area contributed by atoms with Gasteiger partial charge in [0, 0.05) is 19.0 Å². The number of nitrogens with one attached hydrogen (secondary N) is 2. The zero-order valence-electron chi connectivity index (χ0n) is 13.4. The summed E-state index contributed by atoms with van der Waals surface area (Å²) in [6, 6.07) is 8.16. The predicted octanol–water partition coefficient (Wildman–Crippen LogP) is 1.93. The fourth-order valence-corrected chi connectivity index (χ4v) is 3.97. The molecule has 1 unspecified atom stereocenters. The van der Waals surface area contributed by atoms with Crippen LogP contribution in [0.5, 0.6) is 0 Å². The SMILES string of the molecule is O=C(NCCCn1cnc2ccccc21)C1CC12CCNCC2. The summed E-state index contributed by atoms with van der Waals surface area (Å²) >= 11 is 0. The number of carbonyl (C=O) groups is 1. The smallest absolute Gasteiger partial charge is 0.223 e. The molecule has 0 radical (unpaired) electrons. The maximum atomic E-state index is 12.3. The van der Waals surface area contributed by atoms with Gasteiger partial charge in [0.25, 0.3) is 0 Å². The highest BCUT2D eigenvalue weighted by Gasteiger charge is 2.57. The van der Waals surface area contributed by atoms with E-state index in [1.54, 1.807) is 0 Å². The molecule has 1 atom stereocenters. The van der Waals surface area contributed by atoms with Crippen LogP contribution in [0.25, 0.3) is 11.0 Å². The molecule has 122 valence electrons. The van der Waals surface area contributed by atoms with Gasteiger partial charge < -0.3 is 15.2 Å². The third kappa shape index (κ3) is 2.85. The molecule has 1 aromatic heterocycles. The van der Waals surface area contributed by atoms with E-state index in [2.05, 4.69) is 26.3 Å². The van der Waals surface area contributed by atoms with Crippen molar-refractivity contribution in [2.24, 2.45) is 11.3 Å². The van der Waals surface area contributed by atoms with Crippen molar-refractivity contribution in [3.8, 4) is 0 Å². The third-order valence-electron chi connectivity index (χ3n) is 5.51. The molecular weight excluding hydrogens is 288 g/mol. The van der Waals surface area contributed by atoms with Crippen LogP contribution < -0.4 is 10.6 Å². The zero-order chi connectivity index (χ0) is 15.7. The minimum absolute atomic E-state index is 0.263. The molecular formula is C18H24N4O. The highest BCUT2D eigenvalue weighted by molar-refractivity contribution is 5.82. The minimum atomic E-state index is 0.263. The summed E-state index contributed by atoms with van der Waals surface area (Å²) in [6.45, 7) is 3.77. The Hall–Kier alpha value is -1.88. The number of rotatable bonds is 5. The van der Waals surface area contributed by atoms with Crippen molar-refractivity contribution >= 4 is 16.9 Å². The first-order chi connectivity index (χ1) is 11.3. The van der Waals surface area contributed by atoms with Crippen molar-refractivity contribution < 1.29 is 4.79 Å². The lowest BCUT2D eigenvalue weighted by molar-refractivity contribution is -0.123. The van der Waals surface area contributed by atoms with Gasteiger partial charge in [-0.15, -0.1) is 0 Å². The van der Waals surface area contributed by atoms with Crippen molar-refractivity contribution in [2.45, 2.75) is 32.2 Å². The Labute approximate surface area is 136 Å². The molecule has 5 nitrogen and oxygen atoms in total. The molecule has 23 heavy (non-hydrogen) atoms. The van der Waals surface area contributed by atoms with Gasteiger partial charge in [-0.1, -0.05) is 12.1 Å². The van der Waals surface area contributed by atoms with E-state index in [1.165, 1.54) is 0 Å². The summed E-state index contributed by atoms with van der Waals surface area (Å²) in [5, 5.41) is 6.52. The topological polar surface area (TPSA) is 59.0 Å². The highest BCUT2D eigenvalue weighted by Crippen LogP contribution is 2.58. The molecule has 4 rings (SSSR count). The van der Waals surface area contributed by atoms with Gasteiger partial charge >= 0.3 is 0 Å². The lowest BCUT2D eigenvalue weighted by Crippen LogP contribution is -2.34. The van der Waals surface area contributed by atoms with E-state index in [9.17, 15) is 4.79 Å². The van der Waals surface area contributed by atoms with Gasteiger partial charge in [0.1, 0.15) is 0 Å². The van der Waals surface area contributed by atoms with Crippen LogP contribution in [0, 0.1) is 11.3 Å². The average Bonchev–Trinajstić information content (AvgIpc) is 3.12. The number of fused-ring (bicyclic) bond motifs is 1. The van der Waals surface area contributed by atoms with Crippen LogP contribution in [0.4, 0.5) is 0 Å². The maximum Gasteiger partial charge on any atom is 0.223 e. The largest absolute Gasteiger partial charge is 0.356 e. The van der Waals surface area contributed by atoms with Gasteiger partial charge in [0.15, 0.2) is 0 Å². The van der Waals surface area contributed by atoms with Crippen LogP contribution in [0.15, 0.2) is 30.6 Å². The van der Waals surface area contributed by atoms with E-state index in [4.69, 9.17) is 0 Å². The maximum absolute atomic E-state index is 12.3. The first kappa shape index (κ1) is 14.7. The molecule has 1 aliphatic carbocycles. The second-order valence-electron chi connectivity index (χ2n) is 6.94. The summed E-state index contributed by atoms with van der Waals surface area (Å²) in [4.78, 5) is 16.7. The summed E-state index contributed by atoms with van der Waals surface area (Å²) in [6.07, 6.45) is 6.23. The molecule has 1 aromatic carbocycles. The fraction of sp³-hybridized carbons (Fsp3) is 0.556. The number of carbonyl (C=O) groups excluding carboxylic acids is 1. The summed E-state index contributed by atoms with van der Waals surface area (Å²) in [5.74, 6) is 0.529. The second-order valence-corrected chi connectivity index (χ2v) is 6.94. The van der Waals surface area contributed by atoms with Crippen molar-refractivity contribution in [3.63, 3.8) is 0 Å². The van der Waals surface area contributed by atoms with Crippen LogP contribution in [0.2, 0.25) is 0 Å². The van der Waals surface area contributed by atoms with Gasteiger partial charge in [-0.2, -0.15) is 0 Å². The quantitative estimate of drug-likeness (QED) is 0.830. The first-order valence-corrected chi connectivity index (χ1v) is 8.67. The Morgan fingerprint density at radius 3 is 3.04 bits per heavy atom. The Morgan fingerprint density at radius 1 is 1.35 bits per heavy atom. The van der Waals surface area contributed by atoms with Gasteiger partial charge in [0.05, 0.1) is 17.4 Å². The number of hydrogen-bond donors (Lipinski definition) is 2. The van der Waals surface area contributed by atoms with Gasteiger partial charge in [0.2, 0.25) is 5.91 Å². The molecule has 2 aliphatic rings. The lowest BCUT2D eigenvalue weighted by atomic mass is 9.92. The number of aryl methyl sites for hydroxylation is 1. The zero-order valence-corrected chi connectivity index (χ0v) is 13.4. The molecule has 2 fully saturated rings. The van der Waals surface area contributed by atoms with E-state index < -0.39 is 0 Å². The second kappa shape index (κ2) is 5.96. The van der Waals surface area contributed by atoms with E-state index in [1.807, 2.05) is 24.5 Å². The monoisotopic (exact) mass is 312 g/mol. The number of benzene rings is 1. The van der Waals surface area contributed by atoms with E-state index in [-0.39, 0.29) is 11.8 Å². The van der Waals surface area contributed by atoms with Crippen LogP contribution in [-0.4, -0.2) is 35.1 Å². The van der Waals surface area contributed by atoms with Crippen molar-refractivity contribution in [1.82, 2.24) is 20.2 Å². The van der Waals surface area contributed by atoms with Gasteiger partial charge in [-0.3, -0.25) is 4.79 Å². The number of imidazole rings is 1. The fourth-order valence-electron chi connectivity index (χ4n) is 3.97. The summed E-state index contributed by atoms with van der Waals surface area (Å²) < 4.78 is 2.16.